The van der Waals surface area contributed by atoms with Gasteiger partial charge in [0, 0.05) is 0 Å². The summed E-state index contributed by atoms with van der Waals surface area (Å²) in [5.41, 5.74) is -1.77. The molecule has 7 heteroatoms. The fourth-order valence-corrected chi connectivity index (χ4v) is 1.20. The molecule has 0 aliphatic rings. The Bertz CT molecular complexity index is 483. The van der Waals surface area contributed by atoms with Gasteiger partial charge in [-0.05, 0) is 19.1 Å². The average Bonchev–Trinajstić information content (AvgIpc) is 2.30. The topological polar surface area (TPSA) is 38.3 Å². The molecular formula is C12H11F4NO2. The number of hydrogen-bond donors (Lipinski definition) is 1. The van der Waals surface area contributed by atoms with Gasteiger partial charge in [0.1, 0.15) is 11.5 Å². The Kier molecular flexibility index (Phi) is 4.91. The van der Waals surface area contributed by atoms with Crippen LogP contribution in [0.4, 0.5) is 23.2 Å². The fraction of sp³-hybridized carbons (Fsp3) is 0.250. The molecule has 0 heterocycles. The molecule has 3 nitrogen and oxygen atoms in total. The van der Waals surface area contributed by atoms with E-state index in [0.717, 1.165) is 12.1 Å². The zero-order valence-corrected chi connectivity index (χ0v) is 9.92. The lowest BCUT2D eigenvalue weighted by Gasteiger charge is -2.14. The number of carbonyl (C=O) groups is 1. The first-order valence-electron chi connectivity index (χ1n) is 5.31. The maximum atomic E-state index is 13.3. The Morgan fingerprint density at radius 2 is 2.00 bits per heavy atom. The second-order valence-corrected chi connectivity index (χ2v) is 3.41. The number of para-hydroxylation sites is 1. The van der Waals surface area contributed by atoms with E-state index in [2.05, 4.69) is 4.74 Å². The minimum absolute atomic E-state index is 0.0554. The molecule has 1 aromatic carbocycles. The molecule has 0 atom stereocenters. The molecule has 0 aromatic heterocycles. The highest BCUT2D eigenvalue weighted by Crippen LogP contribution is 2.28. The average molecular weight is 277 g/mol. The summed E-state index contributed by atoms with van der Waals surface area (Å²) in [6, 6.07) is 4.83. The molecule has 1 rings (SSSR count). The molecule has 0 aliphatic heterocycles. The van der Waals surface area contributed by atoms with Crippen molar-refractivity contribution in [1.29, 1.82) is 0 Å². The van der Waals surface area contributed by atoms with Crippen LogP contribution in [0.5, 0.6) is 0 Å². The molecule has 0 unspecified atom stereocenters. The Hall–Kier alpha value is -2.05. The Morgan fingerprint density at radius 1 is 1.37 bits per heavy atom. The normalized spacial score (nSPS) is 12.2. The first-order valence-corrected chi connectivity index (χ1v) is 5.31. The van der Waals surface area contributed by atoms with Crippen LogP contribution in [-0.2, 0) is 9.53 Å². The van der Waals surface area contributed by atoms with Gasteiger partial charge in [-0.2, -0.15) is 13.2 Å². The molecule has 0 saturated carbocycles. The van der Waals surface area contributed by atoms with Gasteiger partial charge in [0.2, 0.25) is 0 Å². The van der Waals surface area contributed by atoms with E-state index in [4.69, 9.17) is 0 Å². The van der Waals surface area contributed by atoms with E-state index in [9.17, 15) is 22.4 Å². The lowest BCUT2D eigenvalue weighted by Crippen LogP contribution is -2.21. The number of anilines is 1. The highest BCUT2D eigenvalue weighted by atomic mass is 19.4. The second-order valence-electron chi connectivity index (χ2n) is 3.41. The van der Waals surface area contributed by atoms with Crippen LogP contribution in [0.25, 0.3) is 0 Å². The van der Waals surface area contributed by atoms with Crippen molar-refractivity contribution in [2.75, 3.05) is 11.9 Å². The van der Waals surface area contributed by atoms with E-state index in [1.165, 1.54) is 19.1 Å². The first-order chi connectivity index (χ1) is 8.84. The van der Waals surface area contributed by atoms with Crippen LogP contribution in [-0.4, -0.2) is 18.8 Å². The summed E-state index contributed by atoms with van der Waals surface area (Å²) in [6.07, 6.45) is -4.58. The predicted octanol–water partition coefficient (Wildman–Crippen LogP) is 3.25. The van der Waals surface area contributed by atoms with Crippen LogP contribution in [0.3, 0.4) is 0 Å². The van der Waals surface area contributed by atoms with Crippen molar-refractivity contribution in [3.8, 4) is 0 Å². The van der Waals surface area contributed by atoms with Crippen molar-refractivity contribution in [2.45, 2.75) is 13.1 Å². The molecular weight excluding hydrogens is 266 g/mol. The van der Waals surface area contributed by atoms with Crippen LogP contribution in [0.1, 0.15) is 6.92 Å². The summed E-state index contributed by atoms with van der Waals surface area (Å²) < 4.78 is 55.7. The van der Waals surface area contributed by atoms with Crippen molar-refractivity contribution >= 4 is 11.7 Å². The number of hydrogen-bond acceptors (Lipinski definition) is 3. The van der Waals surface area contributed by atoms with Gasteiger partial charge in [0.15, 0.2) is 0 Å². The summed E-state index contributed by atoms with van der Waals surface area (Å²) in [5.74, 6) is -2.01. The summed E-state index contributed by atoms with van der Waals surface area (Å²) in [5, 5.41) is 1.84. The minimum Gasteiger partial charge on any atom is -0.463 e. The second kappa shape index (κ2) is 6.21. The number of benzene rings is 1. The number of alkyl halides is 3. The maximum Gasteiger partial charge on any atom is 0.431 e. The number of esters is 1. The maximum absolute atomic E-state index is 13.3. The van der Waals surface area contributed by atoms with Gasteiger partial charge < -0.3 is 10.1 Å². The molecule has 0 radical (unpaired) electrons. The minimum atomic E-state index is -4.82. The van der Waals surface area contributed by atoms with Gasteiger partial charge in [-0.3, -0.25) is 0 Å². The molecule has 104 valence electrons. The van der Waals surface area contributed by atoms with E-state index in [1.54, 1.807) is 0 Å². The number of ether oxygens (including phenoxy) is 1. The predicted molar refractivity (Wildman–Crippen MR) is 60.8 cm³/mol. The summed E-state index contributed by atoms with van der Waals surface area (Å²) >= 11 is 0. The number of rotatable bonds is 4. The zero-order chi connectivity index (χ0) is 14.5. The molecule has 0 fully saturated rings. The standard InChI is InChI=1S/C12H11F4NO2/c1-2-19-11(18)7-10(12(14,15)16)17-9-6-4-3-5-8(9)13/h3-7,17H,2H2,1H3/b10-7+. The highest BCUT2D eigenvalue weighted by Gasteiger charge is 2.35. The van der Waals surface area contributed by atoms with Crippen molar-refractivity contribution in [3.63, 3.8) is 0 Å². The number of carbonyl (C=O) groups excluding carboxylic acids is 1. The molecule has 19 heavy (non-hydrogen) atoms. The van der Waals surface area contributed by atoms with E-state index in [1.807, 2.05) is 5.32 Å². The lowest BCUT2D eigenvalue weighted by molar-refractivity contribution is -0.138. The highest BCUT2D eigenvalue weighted by molar-refractivity contribution is 5.83. The van der Waals surface area contributed by atoms with Crippen molar-refractivity contribution in [2.24, 2.45) is 0 Å². The van der Waals surface area contributed by atoms with Gasteiger partial charge in [0.25, 0.3) is 0 Å². The number of nitrogens with one attached hydrogen (secondary N) is 1. The van der Waals surface area contributed by atoms with Crippen LogP contribution >= 0.6 is 0 Å². The Balaban J connectivity index is 3.00. The van der Waals surface area contributed by atoms with E-state index in [-0.39, 0.29) is 18.4 Å². The fourth-order valence-electron chi connectivity index (χ4n) is 1.20. The third kappa shape index (κ3) is 4.61. The van der Waals surface area contributed by atoms with Gasteiger partial charge in [0.05, 0.1) is 18.4 Å². The first kappa shape index (κ1) is 15.0. The number of allylic oxidation sites excluding steroid dienone is 1. The molecule has 0 spiro atoms. The Morgan fingerprint density at radius 3 is 2.53 bits per heavy atom. The monoisotopic (exact) mass is 277 g/mol. The molecule has 0 amide bonds. The van der Waals surface area contributed by atoms with Crippen LogP contribution in [0.2, 0.25) is 0 Å². The van der Waals surface area contributed by atoms with E-state index >= 15 is 0 Å². The van der Waals surface area contributed by atoms with Crippen molar-refractivity contribution < 1.29 is 27.1 Å². The zero-order valence-electron chi connectivity index (χ0n) is 9.92. The van der Waals surface area contributed by atoms with E-state index in [0.29, 0.717) is 0 Å². The van der Waals surface area contributed by atoms with Crippen LogP contribution in [0, 0.1) is 5.82 Å². The molecule has 1 aromatic rings. The molecule has 0 aliphatic carbocycles. The van der Waals surface area contributed by atoms with E-state index < -0.39 is 23.7 Å². The third-order valence-corrected chi connectivity index (χ3v) is 2.00. The van der Waals surface area contributed by atoms with Gasteiger partial charge in [-0.1, -0.05) is 12.1 Å². The smallest absolute Gasteiger partial charge is 0.431 e. The quantitative estimate of drug-likeness (QED) is 0.521. The van der Waals surface area contributed by atoms with Gasteiger partial charge in [-0.15, -0.1) is 0 Å². The lowest BCUT2D eigenvalue weighted by atomic mass is 10.2. The summed E-state index contributed by atoms with van der Waals surface area (Å²) in [7, 11) is 0. The SMILES string of the molecule is CCOC(=O)/C=C(/Nc1ccccc1F)C(F)(F)F. The Labute approximate surface area is 106 Å². The van der Waals surface area contributed by atoms with Crippen LogP contribution in [0.15, 0.2) is 36.0 Å². The van der Waals surface area contributed by atoms with Crippen LogP contribution < -0.4 is 5.32 Å². The van der Waals surface area contributed by atoms with Crippen molar-refractivity contribution in [1.82, 2.24) is 0 Å². The summed E-state index contributed by atoms with van der Waals surface area (Å²) in [6.45, 7) is 1.41. The number of halogens is 4. The van der Waals surface area contributed by atoms with Gasteiger partial charge >= 0.3 is 12.1 Å². The molecule has 0 saturated heterocycles. The van der Waals surface area contributed by atoms with Gasteiger partial charge in [-0.25, -0.2) is 9.18 Å². The largest absolute Gasteiger partial charge is 0.463 e. The third-order valence-electron chi connectivity index (χ3n) is 2.00. The molecule has 1 N–H and O–H groups in total. The van der Waals surface area contributed by atoms with Crippen molar-refractivity contribution in [3.05, 3.63) is 41.9 Å². The summed E-state index contributed by atoms with van der Waals surface area (Å²) in [4.78, 5) is 11.0. The molecule has 0 bridgehead atoms.